The van der Waals surface area contributed by atoms with Crippen LogP contribution in [0.1, 0.15) is 10.6 Å². The largest absolute Gasteiger partial charge is 0.479 e. The lowest BCUT2D eigenvalue weighted by Gasteiger charge is -1.91. The Bertz CT molecular complexity index is 321. The molecule has 0 radical (unpaired) electrons. The van der Waals surface area contributed by atoms with E-state index in [1.807, 2.05) is 6.92 Å². The van der Waals surface area contributed by atoms with E-state index in [-0.39, 0.29) is 0 Å². The second-order valence-corrected chi connectivity index (χ2v) is 3.09. The summed E-state index contributed by atoms with van der Waals surface area (Å²) in [5.41, 5.74) is 2.54. The van der Waals surface area contributed by atoms with E-state index in [0.29, 0.717) is 0 Å². The van der Waals surface area contributed by atoms with Crippen molar-refractivity contribution in [1.29, 1.82) is 0 Å². The first-order chi connectivity index (χ1) is 6.20. The molecule has 0 bridgehead atoms. The van der Waals surface area contributed by atoms with Crippen LogP contribution in [0.15, 0.2) is 10.7 Å². The lowest BCUT2D eigenvalue weighted by Crippen LogP contribution is -2.03. The second-order valence-electron chi connectivity index (χ2n) is 2.20. The van der Waals surface area contributed by atoms with Crippen molar-refractivity contribution in [3.8, 4) is 0 Å². The molecular weight excluding hydrogens is 192 g/mol. The van der Waals surface area contributed by atoms with Crippen LogP contribution in [0.3, 0.4) is 0 Å². The average Bonchev–Trinajstić information content (AvgIpc) is 2.45. The number of carboxylic acid groups (broad SMARTS) is 1. The Hall–Kier alpha value is -1.43. The molecule has 0 aliphatic heterocycles. The molecule has 1 N–H and O–H groups in total. The van der Waals surface area contributed by atoms with E-state index >= 15 is 0 Å². The Morgan fingerprint density at radius 2 is 2.69 bits per heavy atom. The molecule has 6 heteroatoms. The third kappa shape index (κ3) is 3.20. The zero-order valence-corrected chi connectivity index (χ0v) is 7.74. The van der Waals surface area contributed by atoms with Gasteiger partial charge < -0.3 is 9.94 Å². The molecule has 0 atom stereocenters. The smallest absolute Gasteiger partial charge is 0.344 e. The molecule has 1 aromatic rings. The first-order valence-corrected chi connectivity index (χ1v) is 4.35. The molecule has 5 nitrogen and oxygen atoms in total. The minimum absolute atomic E-state index is 0.422. The van der Waals surface area contributed by atoms with E-state index in [2.05, 4.69) is 15.0 Å². The number of hydrogen-bond acceptors (Lipinski definition) is 5. The van der Waals surface area contributed by atoms with Crippen molar-refractivity contribution in [3.63, 3.8) is 0 Å². The van der Waals surface area contributed by atoms with Gasteiger partial charge in [-0.1, -0.05) is 5.16 Å². The number of hydrogen-bond donors (Lipinski definition) is 1. The van der Waals surface area contributed by atoms with Crippen LogP contribution < -0.4 is 0 Å². The van der Waals surface area contributed by atoms with Crippen molar-refractivity contribution in [2.24, 2.45) is 5.16 Å². The van der Waals surface area contributed by atoms with Crippen LogP contribution in [0.2, 0.25) is 0 Å². The van der Waals surface area contributed by atoms with Crippen molar-refractivity contribution >= 4 is 23.5 Å². The number of rotatable bonds is 4. The van der Waals surface area contributed by atoms with Gasteiger partial charge in [-0.25, -0.2) is 9.78 Å². The lowest BCUT2D eigenvalue weighted by molar-refractivity contribution is -0.142. The van der Waals surface area contributed by atoms with Gasteiger partial charge in [0, 0.05) is 0 Å². The summed E-state index contributed by atoms with van der Waals surface area (Å²) in [7, 11) is 0. The normalized spacial score (nSPS) is 10.5. The molecule has 13 heavy (non-hydrogen) atoms. The number of carboxylic acids is 1. The van der Waals surface area contributed by atoms with Crippen LogP contribution in [0.25, 0.3) is 0 Å². The van der Waals surface area contributed by atoms with E-state index in [1.165, 1.54) is 17.6 Å². The summed E-state index contributed by atoms with van der Waals surface area (Å²) in [6.07, 6.45) is 1.45. The van der Waals surface area contributed by atoms with Crippen molar-refractivity contribution < 1.29 is 14.7 Å². The molecular formula is C7H8N2O3S. The summed E-state index contributed by atoms with van der Waals surface area (Å²) in [6, 6.07) is 0. The zero-order valence-electron chi connectivity index (χ0n) is 6.93. The van der Waals surface area contributed by atoms with Crippen LogP contribution in [-0.2, 0) is 9.63 Å². The highest BCUT2D eigenvalue weighted by molar-refractivity contribution is 7.11. The summed E-state index contributed by atoms with van der Waals surface area (Å²) >= 11 is 1.42. The molecule has 0 saturated heterocycles. The van der Waals surface area contributed by atoms with Crippen LogP contribution in [-0.4, -0.2) is 28.9 Å². The summed E-state index contributed by atoms with van der Waals surface area (Å²) < 4.78 is 0. The molecule has 0 saturated carbocycles. The Balaban J connectivity index is 2.41. The number of aryl methyl sites for hydroxylation is 1. The number of nitrogens with zero attached hydrogens (tertiary/aromatic N) is 2. The summed E-state index contributed by atoms with van der Waals surface area (Å²) in [5.74, 6) is -1.04. The zero-order chi connectivity index (χ0) is 9.68. The van der Waals surface area contributed by atoms with Gasteiger partial charge in [0.1, 0.15) is 0 Å². The summed E-state index contributed by atoms with van der Waals surface area (Å²) in [5, 5.41) is 11.7. The molecule has 1 aromatic heterocycles. The number of carbonyl (C=O) groups is 1. The van der Waals surface area contributed by atoms with Gasteiger partial charge in [0.05, 0.1) is 22.3 Å². The number of aliphatic carboxylic acids is 1. The van der Waals surface area contributed by atoms with E-state index in [9.17, 15) is 4.79 Å². The Morgan fingerprint density at radius 3 is 3.23 bits per heavy atom. The molecule has 0 aliphatic carbocycles. The van der Waals surface area contributed by atoms with Gasteiger partial charge in [0.25, 0.3) is 0 Å². The molecule has 1 heterocycles. The third-order valence-electron chi connectivity index (χ3n) is 1.22. The van der Waals surface area contributed by atoms with Crippen LogP contribution in [0.5, 0.6) is 0 Å². The topological polar surface area (TPSA) is 71.8 Å². The average molecular weight is 200 g/mol. The van der Waals surface area contributed by atoms with Crippen LogP contribution in [0, 0.1) is 6.92 Å². The standard InChI is InChI=1S/C7H8N2O3S/c1-5-6(13-4-8-5)2-9-12-3-7(10)11/h2,4H,3H2,1H3,(H,10,11). The minimum atomic E-state index is -1.04. The predicted molar refractivity (Wildman–Crippen MR) is 48.0 cm³/mol. The molecule has 0 amide bonds. The number of oxime groups is 1. The fourth-order valence-electron chi connectivity index (χ4n) is 0.613. The Morgan fingerprint density at radius 1 is 1.92 bits per heavy atom. The first kappa shape index (κ1) is 9.66. The van der Waals surface area contributed by atoms with Gasteiger partial charge in [-0.15, -0.1) is 11.3 Å². The number of thiazole rings is 1. The van der Waals surface area contributed by atoms with E-state index in [0.717, 1.165) is 10.6 Å². The van der Waals surface area contributed by atoms with Crippen molar-refractivity contribution in [2.75, 3.05) is 6.61 Å². The summed E-state index contributed by atoms with van der Waals surface area (Å²) in [6.45, 7) is 1.42. The van der Waals surface area contributed by atoms with Gasteiger partial charge in [-0.2, -0.15) is 0 Å². The van der Waals surface area contributed by atoms with Gasteiger partial charge >= 0.3 is 5.97 Å². The van der Waals surface area contributed by atoms with Gasteiger partial charge in [-0.05, 0) is 6.92 Å². The van der Waals surface area contributed by atoms with Gasteiger partial charge in [0.15, 0.2) is 0 Å². The van der Waals surface area contributed by atoms with Crippen LogP contribution in [0.4, 0.5) is 0 Å². The highest BCUT2D eigenvalue weighted by Crippen LogP contribution is 2.08. The molecule has 0 unspecified atom stereocenters. The quantitative estimate of drug-likeness (QED) is 0.578. The minimum Gasteiger partial charge on any atom is -0.479 e. The molecule has 0 aromatic carbocycles. The van der Waals surface area contributed by atoms with Gasteiger partial charge in [0.2, 0.25) is 6.61 Å². The van der Waals surface area contributed by atoms with Crippen molar-refractivity contribution in [3.05, 3.63) is 16.1 Å². The van der Waals surface area contributed by atoms with E-state index in [4.69, 9.17) is 5.11 Å². The second kappa shape index (κ2) is 4.56. The first-order valence-electron chi connectivity index (χ1n) is 3.47. The summed E-state index contributed by atoms with van der Waals surface area (Å²) in [4.78, 5) is 19.3. The maximum Gasteiger partial charge on any atom is 0.344 e. The molecule has 0 fully saturated rings. The van der Waals surface area contributed by atoms with Crippen LogP contribution >= 0.6 is 11.3 Å². The fraction of sp³-hybridized carbons (Fsp3) is 0.286. The van der Waals surface area contributed by atoms with E-state index in [1.54, 1.807) is 5.51 Å². The van der Waals surface area contributed by atoms with Gasteiger partial charge in [-0.3, -0.25) is 0 Å². The van der Waals surface area contributed by atoms with E-state index < -0.39 is 12.6 Å². The third-order valence-corrected chi connectivity index (χ3v) is 2.08. The monoisotopic (exact) mass is 200 g/mol. The fourth-order valence-corrected chi connectivity index (χ4v) is 1.26. The maximum atomic E-state index is 10.0. The highest BCUT2D eigenvalue weighted by Gasteiger charge is 1.97. The molecule has 0 spiro atoms. The molecule has 0 aliphatic rings. The number of aromatic nitrogens is 1. The Kier molecular flexibility index (Phi) is 3.39. The SMILES string of the molecule is Cc1ncsc1C=NOCC(=O)O. The Labute approximate surface area is 78.7 Å². The highest BCUT2D eigenvalue weighted by atomic mass is 32.1. The lowest BCUT2D eigenvalue weighted by atomic mass is 10.4. The van der Waals surface area contributed by atoms with Crippen molar-refractivity contribution in [1.82, 2.24) is 4.98 Å². The predicted octanol–water partition coefficient (Wildman–Crippen LogP) is 0.887. The van der Waals surface area contributed by atoms with Crippen molar-refractivity contribution in [2.45, 2.75) is 6.92 Å². The molecule has 1 rings (SSSR count). The molecule has 70 valence electrons. The maximum absolute atomic E-state index is 10.0.